The first-order valence-corrected chi connectivity index (χ1v) is 8.67. The van der Waals surface area contributed by atoms with Gasteiger partial charge < -0.3 is 4.90 Å². The maximum Gasteiger partial charge on any atom is 0.252 e. The third-order valence-corrected chi connectivity index (χ3v) is 5.19. The summed E-state index contributed by atoms with van der Waals surface area (Å²) in [7, 11) is 0. The predicted molar refractivity (Wildman–Crippen MR) is 92.5 cm³/mol. The van der Waals surface area contributed by atoms with Crippen molar-refractivity contribution >= 4 is 23.5 Å². The summed E-state index contributed by atoms with van der Waals surface area (Å²) in [6.45, 7) is 0.404. The fourth-order valence-corrected chi connectivity index (χ4v) is 3.80. The quantitative estimate of drug-likeness (QED) is 0.769. The number of ketones is 1. The number of rotatable bonds is 3. The van der Waals surface area contributed by atoms with Crippen molar-refractivity contribution < 1.29 is 19.2 Å². The van der Waals surface area contributed by atoms with Gasteiger partial charge in [-0.3, -0.25) is 24.1 Å². The average molecular weight is 350 g/mol. The molecule has 0 radical (unpaired) electrons. The third-order valence-electron chi connectivity index (χ3n) is 5.19. The Kier molecular flexibility index (Phi) is 4.03. The molecule has 6 heteroatoms. The highest BCUT2D eigenvalue weighted by Crippen LogP contribution is 2.32. The summed E-state index contributed by atoms with van der Waals surface area (Å²) in [4.78, 5) is 52.7. The molecule has 2 fully saturated rings. The Balaban J connectivity index is 1.56. The van der Waals surface area contributed by atoms with E-state index in [1.165, 1.54) is 15.9 Å². The first-order chi connectivity index (χ1) is 12.6. The Hall–Kier alpha value is -3.02. The smallest absolute Gasteiger partial charge is 0.252 e. The summed E-state index contributed by atoms with van der Waals surface area (Å²) >= 11 is 0. The summed E-state index contributed by atoms with van der Waals surface area (Å²) < 4.78 is 0. The molecular formula is C20H18N2O4. The van der Waals surface area contributed by atoms with Crippen LogP contribution in [0.1, 0.15) is 18.4 Å². The molecule has 2 atom stereocenters. The second-order valence-corrected chi connectivity index (χ2v) is 6.75. The van der Waals surface area contributed by atoms with Crippen molar-refractivity contribution in [2.45, 2.75) is 25.4 Å². The Bertz CT molecular complexity index is 856. The van der Waals surface area contributed by atoms with Crippen LogP contribution >= 0.6 is 0 Å². The van der Waals surface area contributed by atoms with Gasteiger partial charge in [0.2, 0.25) is 5.91 Å². The van der Waals surface area contributed by atoms with Gasteiger partial charge in [-0.15, -0.1) is 0 Å². The van der Waals surface area contributed by atoms with Crippen molar-refractivity contribution in [3.05, 3.63) is 59.7 Å². The molecule has 0 N–H and O–H groups in total. The molecule has 1 aromatic carbocycles. The van der Waals surface area contributed by atoms with Gasteiger partial charge in [0.05, 0.1) is 12.5 Å². The summed E-state index contributed by atoms with van der Waals surface area (Å²) in [5.74, 6) is -1.48. The molecule has 2 aliphatic heterocycles. The van der Waals surface area contributed by atoms with Crippen LogP contribution in [-0.4, -0.2) is 45.9 Å². The number of likely N-dealkylation sites (tertiary alicyclic amines) is 2. The van der Waals surface area contributed by atoms with Gasteiger partial charge in [0.15, 0.2) is 5.78 Å². The molecule has 26 heavy (non-hydrogen) atoms. The molecule has 2 saturated heterocycles. The van der Waals surface area contributed by atoms with E-state index in [0.717, 1.165) is 5.56 Å². The first kappa shape index (κ1) is 16.4. The van der Waals surface area contributed by atoms with Crippen LogP contribution in [0.15, 0.2) is 54.1 Å². The Morgan fingerprint density at radius 3 is 2.54 bits per heavy atom. The van der Waals surface area contributed by atoms with E-state index < -0.39 is 12.0 Å². The zero-order chi connectivity index (χ0) is 18.3. The number of hydrogen-bond donors (Lipinski definition) is 0. The molecule has 0 spiro atoms. The molecule has 2 heterocycles. The normalized spacial score (nSPS) is 25.6. The molecule has 0 aromatic heterocycles. The molecule has 0 saturated carbocycles. The summed E-state index contributed by atoms with van der Waals surface area (Å²) in [5, 5.41) is 0. The number of allylic oxidation sites excluding steroid dienone is 3. The van der Waals surface area contributed by atoms with Gasteiger partial charge in [-0.1, -0.05) is 42.5 Å². The largest absolute Gasteiger partial charge is 0.326 e. The van der Waals surface area contributed by atoms with Crippen LogP contribution in [-0.2, 0) is 25.7 Å². The van der Waals surface area contributed by atoms with Crippen LogP contribution in [0.25, 0.3) is 0 Å². The van der Waals surface area contributed by atoms with E-state index in [-0.39, 0.29) is 43.0 Å². The lowest BCUT2D eigenvalue weighted by Crippen LogP contribution is -2.54. The number of fused-ring (bicyclic) bond motifs is 1. The van der Waals surface area contributed by atoms with E-state index >= 15 is 0 Å². The molecule has 4 rings (SSSR count). The number of carbonyl (C=O) groups is 4. The molecule has 1 aliphatic carbocycles. The lowest BCUT2D eigenvalue weighted by Gasteiger charge is -2.35. The van der Waals surface area contributed by atoms with Crippen molar-refractivity contribution in [1.29, 1.82) is 0 Å². The molecule has 6 nitrogen and oxygen atoms in total. The van der Waals surface area contributed by atoms with Crippen LogP contribution < -0.4 is 0 Å². The number of nitrogens with zero attached hydrogens (tertiary/aromatic N) is 2. The van der Waals surface area contributed by atoms with Gasteiger partial charge in [0, 0.05) is 18.5 Å². The number of hydrogen-bond acceptors (Lipinski definition) is 4. The van der Waals surface area contributed by atoms with E-state index in [2.05, 4.69) is 0 Å². The van der Waals surface area contributed by atoms with Crippen LogP contribution in [0.4, 0.5) is 0 Å². The number of benzene rings is 1. The van der Waals surface area contributed by atoms with E-state index in [4.69, 9.17) is 0 Å². The minimum absolute atomic E-state index is 0.112. The van der Waals surface area contributed by atoms with Gasteiger partial charge in [-0.2, -0.15) is 0 Å². The fraction of sp³-hybridized carbons (Fsp3) is 0.300. The summed E-state index contributed by atoms with van der Waals surface area (Å²) in [6, 6.07) is 8.60. The van der Waals surface area contributed by atoms with Gasteiger partial charge >= 0.3 is 0 Å². The predicted octanol–water partition coefficient (Wildman–Crippen LogP) is 1.23. The Morgan fingerprint density at radius 1 is 1.04 bits per heavy atom. The third kappa shape index (κ3) is 2.67. The van der Waals surface area contributed by atoms with Gasteiger partial charge in [-0.05, 0) is 18.1 Å². The lowest BCUT2D eigenvalue weighted by molar-refractivity contribution is -0.156. The van der Waals surface area contributed by atoms with Gasteiger partial charge in [0.25, 0.3) is 11.8 Å². The van der Waals surface area contributed by atoms with E-state index in [9.17, 15) is 19.2 Å². The van der Waals surface area contributed by atoms with Crippen LogP contribution in [0.2, 0.25) is 0 Å². The Labute approximate surface area is 150 Å². The number of amides is 3. The van der Waals surface area contributed by atoms with Crippen molar-refractivity contribution in [2.24, 2.45) is 5.92 Å². The average Bonchev–Trinajstić information content (AvgIpc) is 2.98. The Morgan fingerprint density at radius 2 is 1.81 bits per heavy atom. The van der Waals surface area contributed by atoms with Crippen molar-refractivity contribution in [3.63, 3.8) is 0 Å². The standard InChI is InChI=1S/C20H18N2O4/c23-17-8-4-7-14-15(17)12-21(19(14)25)16-9-10-18(24)22(20(16)26)11-13-5-2-1-3-6-13/h1-8,15-16H,9-12H2. The monoisotopic (exact) mass is 350 g/mol. The summed E-state index contributed by atoms with van der Waals surface area (Å²) in [5.41, 5.74) is 1.30. The van der Waals surface area contributed by atoms with Crippen LogP contribution in [0.5, 0.6) is 0 Å². The highest BCUT2D eigenvalue weighted by Gasteiger charge is 2.47. The minimum Gasteiger partial charge on any atom is -0.326 e. The lowest BCUT2D eigenvalue weighted by atomic mass is 9.93. The second kappa shape index (κ2) is 6.37. The highest BCUT2D eigenvalue weighted by atomic mass is 16.2. The summed E-state index contributed by atoms with van der Waals surface area (Å²) in [6.07, 6.45) is 5.19. The first-order valence-electron chi connectivity index (χ1n) is 8.67. The highest BCUT2D eigenvalue weighted by molar-refractivity contribution is 6.11. The zero-order valence-corrected chi connectivity index (χ0v) is 14.1. The molecule has 132 valence electrons. The van der Waals surface area contributed by atoms with Crippen molar-refractivity contribution in [2.75, 3.05) is 6.54 Å². The number of piperidine rings is 1. The molecule has 3 aliphatic rings. The maximum atomic E-state index is 13.0. The van der Waals surface area contributed by atoms with E-state index in [1.54, 1.807) is 12.2 Å². The minimum atomic E-state index is -0.691. The zero-order valence-electron chi connectivity index (χ0n) is 14.1. The molecule has 1 aromatic rings. The fourth-order valence-electron chi connectivity index (χ4n) is 3.80. The molecular weight excluding hydrogens is 332 g/mol. The molecule has 2 unspecified atom stereocenters. The topological polar surface area (TPSA) is 74.8 Å². The van der Waals surface area contributed by atoms with Crippen molar-refractivity contribution in [3.8, 4) is 0 Å². The van der Waals surface area contributed by atoms with E-state index in [0.29, 0.717) is 12.0 Å². The van der Waals surface area contributed by atoms with Gasteiger partial charge in [0.1, 0.15) is 6.04 Å². The molecule has 0 bridgehead atoms. The maximum absolute atomic E-state index is 13.0. The number of carbonyl (C=O) groups excluding carboxylic acids is 4. The van der Waals surface area contributed by atoms with Crippen LogP contribution in [0, 0.1) is 5.92 Å². The SMILES string of the molecule is O=C1C=CC=C2C(=O)N(C3CCC(=O)N(Cc4ccccc4)C3=O)CC12. The van der Waals surface area contributed by atoms with Crippen molar-refractivity contribution in [1.82, 2.24) is 9.80 Å². The van der Waals surface area contributed by atoms with Crippen LogP contribution in [0.3, 0.4) is 0 Å². The second-order valence-electron chi connectivity index (χ2n) is 6.75. The van der Waals surface area contributed by atoms with E-state index in [1.807, 2.05) is 30.3 Å². The molecule has 3 amide bonds. The van der Waals surface area contributed by atoms with Gasteiger partial charge in [-0.25, -0.2) is 0 Å². The number of imide groups is 1.